The van der Waals surface area contributed by atoms with Gasteiger partial charge in [0.15, 0.2) is 0 Å². The van der Waals surface area contributed by atoms with Crippen LogP contribution in [0.15, 0.2) is 66.7 Å². The van der Waals surface area contributed by atoms with Crippen molar-refractivity contribution >= 4 is 23.3 Å². The van der Waals surface area contributed by atoms with Crippen LogP contribution in [0.5, 0.6) is 11.5 Å². The van der Waals surface area contributed by atoms with Crippen LogP contribution in [-0.4, -0.2) is 7.11 Å². The van der Waals surface area contributed by atoms with Crippen LogP contribution < -0.4 is 9.47 Å². The number of para-hydroxylation sites is 1. The number of rotatable bonds is 2. The van der Waals surface area contributed by atoms with E-state index in [0.717, 1.165) is 39.3 Å². The highest BCUT2D eigenvalue weighted by atomic mass is 35.5. The number of hydrogen-bond donors (Lipinski definition) is 0. The highest BCUT2D eigenvalue weighted by molar-refractivity contribution is 6.30. The van der Waals surface area contributed by atoms with Crippen molar-refractivity contribution in [2.75, 3.05) is 7.11 Å². The van der Waals surface area contributed by atoms with Gasteiger partial charge in [-0.3, -0.25) is 0 Å². The Morgan fingerprint density at radius 2 is 1.81 bits per heavy atom. The van der Waals surface area contributed by atoms with Crippen molar-refractivity contribution in [2.45, 2.75) is 12.4 Å². The lowest BCUT2D eigenvalue weighted by Crippen LogP contribution is -2.42. The number of methoxy groups -OCH3 is 1. The molecule has 0 saturated carbocycles. The smallest absolute Gasteiger partial charge is 0.265 e. The van der Waals surface area contributed by atoms with Crippen molar-refractivity contribution in [1.29, 1.82) is 0 Å². The zero-order valence-electron chi connectivity index (χ0n) is 14.7. The van der Waals surface area contributed by atoms with Gasteiger partial charge in [-0.1, -0.05) is 35.9 Å². The first-order chi connectivity index (χ1) is 13.2. The first-order valence-electron chi connectivity index (χ1n) is 8.77. The molecule has 5 rings (SSSR count). The molecule has 4 heteroatoms. The average Bonchev–Trinajstić information content (AvgIpc) is 2.72. The summed E-state index contributed by atoms with van der Waals surface area (Å²) in [5, 5.41) is 0.694. The number of hydrogen-bond acceptors (Lipinski definition) is 3. The van der Waals surface area contributed by atoms with Crippen molar-refractivity contribution in [2.24, 2.45) is 0 Å². The SMILES string of the molecule is COc1ccc(C23OCc4ccc(Cl)cc4C2=Cc2ccccc2O3)cc1. The second kappa shape index (κ2) is 6.15. The second-order valence-electron chi connectivity index (χ2n) is 6.63. The van der Waals surface area contributed by atoms with E-state index in [-0.39, 0.29) is 0 Å². The van der Waals surface area contributed by atoms with Gasteiger partial charge in [0.2, 0.25) is 0 Å². The summed E-state index contributed by atoms with van der Waals surface area (Å²) in [5.41, 5.74) is 5.04. The molecule has 0 spiro atoms. The van der Waals surface area contributed by atoms with Crippen LogP contribution in [0.2, 0.25) is 5.02 Å². The van der Waals surface area contributed by atoms with Gasteiger partial charge in [0.25, 0.3) is 5.79 Å². The van der Waals surface area contributed by atoms with E-state index in [9.17, 15) is 0 Å². The van der Waals surface area contributed by atoms with Crippen LogP contribution in [0.25, 0.3) is 11.6 Å². The average molecular weight is 377 g/mol. The van der Waals surface area contributed by atoms with Gasteiger partial charge in [0.1, 0.15) is 11.5 Å². The third-order valence-electron chi connectivity index (χ3n) is 5.09. The van der Waals surface area contributed by atoms with E-state index in [0.29, 0.717) is 11.6 Å². The number of ether oxygens (including phenoxy) is 3. The van der Waals surface area contributed by atoms with Gasteiger partial charge in [0, 0.05) is 21.7 Å². The molecule has 3 nitrogen and oxygen atoms in total. The Morgan fingerprint density at radius 3 is 2.63 bits per heavy atom. The van der Waals surface area contributed by atoms with Crippen LogP contribution in [0.1, 0.15) is 22.3 Å². The summed E-state index contributed by atoms with van der Waals surface area (Å²) in [6, 6.07) is 21.7. The molecule has 0 aromatic heterocycles. The Labute approximate surface area is 162 Å². The zero-order valence-corrected chi connectivity index (χ0v) is 15.5. The molecule has 2 aliphatic heterocycles. The molecule has 0 N–H and O–H groups in total. The van der Waals surface area contributed by atoms with Crippen molar-refractivity contribution in [3.05, 3.63) is 94.0 Å². The highest BCUT2D eigenvalue weighted by Crippen LogP contribution is 2.51. The van der Waals surface area contributed by atoms with Crippen LogP contribution in [0, 0.1) is 0 Å². The molecule has 0 aliphatic carbocycles. The quantitative estimate of drug-likeness (QED) is 0.577. The minimum atomic E-state index is -1.02. The van der Waals surface area contributed by atoms with Gasteiger partial charge in [-0.25, -0.2) is 0 Å². The molecule has 0 amide bonds. The van der Waals surface area contributed by atoms with E-state index in [1.807, 2.05) is 66.7 Å². The lowest BCUT2D eigenvalue weighted by molar-refractivity contribution is -0.160. The Kier molecular flexibility index (Phi) is 3.74. The topological polar surface area (TPSA) is 27.7 Å². The summed E-state index contributed by atoms with van der Waals surface area (Å²) < 4.78 is 18.2. The molecule has 0 radical (unpaired) electrons. The summed E-state index contributed by atoms with van der Waals surface area (Å²) in [6.45, 7) is 0.442. The van der Waals surface area contributed by atoms with Gasteiger partial charge < -0.3 is 14.2 Å². The maximum atomic E-state index is 6.51. The fourth-order valence-corrected chi connectivity index (χ4v) is 3.90. The Bertz CT molecular complexity index is 1060. The van der Waals surface area contributed by atoms with Gasteiger partial charge in [-0.2, -0.15) is 0 Å². The van der Waals surface area contributed by atoms with Crippen LogP contribution in [-0.2, 0) is 17.1 Å². The lowest BCUT2D eigenvalue weighted by Gasteiger charge is -2.43. The van der Waals surface area contributed by atoms with Crippen molar-refractivity contribution in [3.63, 3.8) is 0 Å². The molecule has 0 fully saturated rings. The fraction of sp³-hybridized carbons (Fsp3) is 0.130. The molecule has 0 saturated heterocycles. The molecule has 27 heavy (non-hydrogen) atoms. The number of fused-ring (bicyclic) bond motifs is 4. The van der Waals surface area contributed by atoms with E-state index in [1.165, 1.54) is 0 Å². The molecule has 0 bridgehead atoms. The van der Waals surface area contributed by atoms with E-state index in [1.54, 1.807) is 7.11 Å². The third-order valence-corrected chi connectivity index (χ3v) is 5.33. The minimum absolute atomic E-state index is 0.442. The molecule has 134 valence electrons. The second-order valence-corrected chi connectivity index (χ2v) is 7.07. The Hall–Kier alpha value is -2.75. The van der Waals surface area contributed by atoms with E-state index < -0.39 is 5.79 Å². The molecule has 3 aromatic carbocycles. The number of benzene rings is 3. The standard InChI is InChI=1S/C23H17ClO3/c1-25-19-10-7-17(8-11-19)23-21(12-15-4-2-3-5-22(15)27-23)20-13-18(24)9-6-16(20)14-26-23/h2-13H,14H2,1H3. The Morgan fingerprint density at radius 1 is 1.00 bits per heavy atom. The van der Waals surface area contributed by atoms with E-state index in [2.05, 4.69) is 6.08 Å². The van der Waals surface area contributed by atoms with Crippen molar-refractivity contribution in [3.8, 4) is 11.5 Å². The fourth-order valence-electron chi connectivity index (χ4n) is 3.73. The van der Waals surface area contributed by atoms with Gasteiger partial charge >= 0.3 is 0 Å². The molecule has 1 atom stereocenters. The van der Waals surface area contributed by atoms with Gasteiger partial charge in [-0.05, 0) is 59.7 Å². The monoisotopic (exact) mass is 376 g/mol. The zero-order chi connectivity index (χ0) is 18.4. The predicted molar refractivity (Wildman–Crippen MR) is 106 cm³/mol. The third kappa shape index (κ3) is 2.54. The molecular weight excluding hydrogens is 360 g/mol. The van der Waals surface area contributed by atoms with Gasteiger partial charge in [0.05, 0.1) is 13.7 Å². The highest BCUT2D eigenvalue weighted by Gasteiger charge is 2.47. The first-order valence-corrected chi connectivity index (χ1v) is 9.15. The van der Waals surface area contributed by atoms with Crippen molar-refractivity contribution < 1.29 is 14.2 Å². The van der Waals surface area contributed by atoms with Crippen LogP contribution >= 0.6 is 11.6 Å². The van der Waals surface area contributed by atoms with E-state index >= 15 is 0 Å². The summed E-state index contributed by atoms with van der Waals surface area (Å²) >= 11 is 6.31. The van der Waals surface area contributed by atoms with Crippen LogP contribution in [0.3, 0.4) is 0 Å². The summed E-state index contributed by atoms with van der Waals surface area (Å²) in [4.78, 5) is 0. The van der Waals surface area contributed by atoms with Crippen LogP contribution in [0.4, 0.5) is 0 Å². The molecule has 1 unspecified atom stereocenters. The maximum absolute atomic E-state index is 6.51. The molecule has 2 aliphatic rings. The summed E-state index contributed by atoms with van der Waals surface area (Å²) in [5.74, 6) is 0.567. The predicted octanol–water partition coefficient (Wildman–Crippen LogP) is 5.66. The van der Waals surface area contributed by atoms with E-state index in [4.69, 9.17) is 25.8 Å². The lowest BCUT2D eigenvalue weighted by atomic mass is 9.84. The normalized spacial score (nSPS) is 19.9. The first kappa shape index (κ1) is 16.4. The summed E-state index contributed by atoms with van der Waals surface area (Å²) in [7, 11) is 1.65. The maximum Gasteiger partial charge on any atom is 0.265 e. The number of halogens is 1. The van der Waals surface area contributed by atoms with Crippen molar-refractivity contribution in [1.82, 2.24) is 0 Å². The molecule has 3 aromatic rings. The summed E-state index contributed by atoms with van der Waals surface area (Å²) in [6.07, 6.45) is 2.14. The molecule has 2 heterocycles. The largest absolute Gasteiger partial charge is 0.497 e. The van der Waals surface area contributed by atoms with Gasteiger partial charge in [-0.15, -0.1) is 0 Å². The Balaban J connectivity index is 1.76. The molecular formula is C23H17ClO3. The minimum Gasteiger partial charge on any atom is -0.497 e.